The Morgan fingerprint density at radius 2 is 1.64 bits per heavy atom. The lowest BCUT2D eigenvalue weighted by Crippen LogP contribution is -2.60. The first-order valence-corrected chi connectivity index (χ1v) is 8.76. The van der Waals surface area contributed by atoms with Gasteiger partial charge in [0.15, 0.2) is 0 Å². The molecule has 0 saturated carbocycles. The van der Waals surface area contributed by atoms with Crippen molar-refractivity contribution in [1.29, 1.82) is 0 Å². The Labute approximate surface area is 161 Å². The monoisotopic (exact) mass is 385 g/mol. The molecule has 0 aromatic heterocycles. The Hall–Kier alpha value is -3.26. The van der Waals surface area contributed by atoms with E-state index in [1.54, 1.807) is 17.0 Å². The van der Waals surface area contributed by atoms with E-state index in [0.29, 0.717) is 36.3 Å². The van der Waals surface area contributed by atoms with E-state index in [1.165, 1.54) is 43.5 Å². The molecule has 2 amide bonds. The highest BCUT2D eigenvalue weighted by Crippen LogP contribution is 2.12. The van der Waals surface area contributed by atoms with Gasteiger partial charge in [0, 0.05) is 30.8 Å². The smallest absolute Gasteiger partial charge is 0.337 e. The van der Waals surface area contributed by atoms with Gasteiger partial charge in [0.1, 0.15) is 12.0 Å². The molecule has 7 nitrogen and oxygen atoms in total. The van der Waals surface area contributed by atoms with Crippen LogP contribution in [0.15, 0.2) is 48.5 Å². The van der Waals surface area contributed by atoms with E-state index in [1.807, 2.05) is 0 Å². The molecule has 2 aromatic rings. The third-order valence-electron chi connectivity index (χ3n) is 4.46. The van der Waals surface area contributed by atoms with Crippen molar-refractivity contribution in [3.8, 4) is 0 Å². The maximum Gasteiger partial charge on any atom is 0.337 e. The van der Waals surface area contributed by atoms with Crippen LogP contribution in [0.1, 0.15) is 31.1 Å². The molecular weight excluding hydrogens is 365 g/mol. The summed E-state index contributed by atoms with van der Waals surface area (Å²) in [4.78, 5) is 38.4. The Balaban J connectivity index is 1.73. The van der Waals surface area contributed by atoms with E-state index in [9.17, 15) is 18.8 Å². The number of ether oxygens (including phenoxy) is 1. The molecule has 0 spiro atoms. The molecule has 1 aliphatic heterocycles. The van der Waals surface area contributed by atoms with Crippen LogP contribution >= 0.6 is 0 Å². The molecule has 1 saturated heterocycles. The van der Waals surface area contributed by atoms with Crippen molar-refractivity contribution < 1.29 is 23.5 Å². The number of nitrogens with one attached hydrogen (secondary N) is 2. The van der Waals surface area contributed by atoms with Gasteiger partial charge in [0.2, 0.25) is 0 Å². The molecule has 1 unspecified atom stereocenters. The summed E-state index contributed by atoms with van der Waals surface area (Å²) in [5.41, 5.74) is 1.05. The zero-order valence-corrected chi connectivity index (χ0v) is 15.3. The first kappa shape index (κ1) is 19.5. The first-order chi connectivity index (χ1) is 13.5. The molecule has 2 aromatic carbocycles. The van der Waals surface area contributed by atoms with Gasteiger partial charge in [0.05, 0.1) is 12.7 Å². The number of carbonyl (C=O) groups excluding carboxylic acids is 3. The fraction of sp³-hybridized carbons (Fsp3) is 0.250. The second-order valence-electron chi connectivity index (χ2n) is 6.27. The zero-order chi connectivity index (χ0) is 20.1. The standard InChI is InChI=1S/C20H20FN3O4/c1-28-20(27)15-4-2-14(3-5-15)19(26)24-11-10-22-12-17(24)23-18(25)13-6-8-16(21)9-7-13/h2-9,17,22H,10-12H2,1H3,(H,23,25). The molecule has 1 atom stereocenters. The maximum atomic E-state index is 13.0. The van der Waals surface area contributed by atoms with E-state index in [4.69, 9.17) is 0 Å². The fourth-order valence-corrected chi connectivity index (χ4v) is 2.94. The predicted molar refractivity (Wildman–Crippen MR) is 99.3 cm³/mol. The second-order valence-corrected chi connectivity index (χ2v) is 6.27. The number of hydrogen-bond donors (Lipinski definition) is 2. The van der Waals surface area contributed by atoms with Crippen LogP contribution in [0.3, 0.4) is 0 Å². The van der Waals surface area contributed by atoms with Crippen molar-refractivity contribution in [3.63, 3.8) is 0 Å². The highest BCUT2D eigenvalue weighted by molar-refractivity contribution is 5.98. The van der Waals surface area contributed by atoms with E-state index >= 15 is 0 Å². The third-order valence-corrected chi connectivity index (χ3v) is 4.46. The molecule has 1 aliphatic rings. The number of carbonyl (C=O) groups is 3. The molecule has 0 radical (unpaired) electrons. The van der Waals surface area contributed by atoms with Crippen LogP contribution in [0.4, 0.5) is 4.39 Å². The summed E-state index contributed by atoms with van der Waals surface area (Å²) in [6.07, 6.45) is -0.556. The lowest BCUT2D eigenvalue weighted by Gasteiger charge is -2.36. The van der Waals surface area contributed by atoms with Crippen molar-refractivity contribution in [1.82, 2.24) is 15.5 Å². The number of nitrogens with zero attached hydrogens (tertiary/aromatic N) is 1. The number of methoxy groups -OCH3 is 1. The lowest BCUT2D eigenvalue weighted by atomic mass is 10.1. The van der Waals surface area contributed by atoms with Crippen LogP contribution in [-0.2, 0) is 4.74 Å². The summed E-state index contributed by atoms with van der Waals surface area (Å²) in [5, 5.41) is 5.94. The van der Waals surface area contributed by atoms with Crippen molar-refractivity contribution >= 4 is 17.8 Å². The van der Waals surface area contributed by atoms with Crippen molar-refractivity contribution in [2.24, 2.45) is 0 Å². The number of rotatable bonds is 4. The van der Waals surface area contributed by atoms with E-state index in [2.05, 4.69) is 15.4 Å². The average molecular weight is 385 g/mol. The van der Waals surface area contributed by atoms with Crippen molar-refractivity contribution in [3.05, 3.63) is 71.0 Å². The molecule has 1 fully saturated rings. The van der Waals surface area contributed by atoms with Crippen molar-refractivity contribution in [2.45, 2.75) is 6.17 Å². The van der Waals surface area contributed by atoms with Gasteiger partial charge in [-0.1, -0.05) is 0 Å². The number of benzene rings is 2. The normalized spacial score (nSPS) is 16.4. The Bertz CT molecular complexity index is 868. The van der Waals surface area contributed by atoms with Crippen LogP contribution in [0.5, 0.6) is 0 Å². The van der Waals surface area contributed by atoms with Crippen LogP contribution in [0.2, 0.25) is 0 Å². The minimum Gasteiger partial charge on any atom is -0.465 e. The van der Waals surface area contributed by atoms with Crippen LogP contribution in [-0.4, -0.2) is 55.6 Å². The molecule has 0 bridgehead atoms. The second kappa shape index (κ2) is 8.62. The minimum atomic E-state index is -0.556. The van der Waals surface area contributed by atoms with Gasteiger partial charge in [-0.15, -0.1) is 0 Å². The number of halogens is 1. The topological polar surface area (TPSA) is 87.7 Å². The van der Waals surface area contributed by atoms with Gasteiger partial charge in [-0.3, -0.25) is 9.59 Å². The largest absolute Gasteiger partial charge is 0.465 e. The summed E-state index contributed by atoms with van der Waals surface area (Å²) < 4.78 is 17.7. The Morgan fingerprint density at radius 1 is 1.04 bits per heavy atom. The molecule has 0 aliphatic carbocycles. The molecular formula is C20H20FN3O4. The number of piperazine rings is 1. The first-order valence-electron chi connectivity index (χ1n) is 8.76. The van der Waals surface area contributed by atoms with Gasteiger partial charge in [-0.2, -0.15) is 0 Å². The van der Waals surface area contributed by atoms with Gasteiger partial charge in [0.25, 0.3) is 11.8 Å². The Morgan fingerprint density at radius 3 is 2.29 bits per heavy atom. The molecule has 146 valence electrons. The summed E-state index contributed by atoms with van der Waals surface area (Å²) in [7, 11) is 1.29. The summed E-state index contributed by atoms with van der Waals surface area (Å²) in [5.74, 6) is -1.57. The molecule has 1 heterocycles. The lowest BCUT2D eigenvalue weighted by molar-refractivity contribution is 0.0561. The maximum absolute atomic E-state index is 13.0. The minimum absolute atomic E-state index is 0.262. The predicted octanol–water partition coefficient (Wildman–Crippen LogP) is 1.41. The summed E-state index contributed by atoms with van der Waals surface area (Å²) >= 11 is 0. The summed E-state index contributed by atoms with van der Waals surface area (Å²) in [6.45, 7) is 1.39. The third kappa shape index (κ3) is 4.34. The quantitative estimate of drug-likeness (QED) is 0.777. The van der Waals surface area contributed by atoms with Gasteiger partial charge in [-0.05, 0) is 48.5 Å². The SMILES string of the molecule is COC(=O)c1ccc(C(=O)N2CCNCC2NC(=O)c2ccc(F)cc2)cc1. The van der Waals surface area contributed by atoms with Crippen molar-refractivity contribution in [2.75, 3.05) is 26.7 Å². The molecule has 28 heavy (non-hydrogen) atoms. The number of amides is 2. The molecule has 2 N–H and O–H groups in total. The van der Waals surface area contributed by atoms with Crippen LogP contribution < -0.4 is 10.6 Å². The summed E-state index contributed by atoms with van der Waals surface area (Å²) in [6, 6.07) is 11.3. The highest BCUT2D eigenvalue weighted by atomic mass is 19.1. The number of hydrogen-bond acceptors (Lipinski definition) is 5. The highest BCUT2D eigenvalue weighted by Gasteiger charge is 2.29. The van der Waals surface area contributed by atoms with Gasteiger partial charge in [-0.25, -0.2) is 9.18 Å². The van der Waals surface area contributed by atoms with Crippen LogP contribution in [0.25, 0.3) is 0 Å². The number of esters is 1. The zero-order valence-electron chi connectivity index (χ0n) is 15.3. The van der Waals surface area contributed by atoms with Gasteiger partial charge < -0.3 is 20.3 Å². The van der Waals surface area contributed by atoms with Crippen LogP contribution in [0, 0.1) is 5.82 Å². The van der Waals surface area contributed by atoms with E-state index in [0.717, 1.165) is 0 Å². The van der Waals surface area contributed by atoms with E-state index in [-0.39, 0.29) is 5.91 Å². The molecule has 8 heteroatoms. The Kier molecular flexibility index (Phi) is 6.00. The van der Waals surface area contributed by atoms with Gasteiger partial charge >= 0.3 is 5.97 Å². The average Bonchev–Trinajstić information content (AvgIpc) is 2.73. The molecule has 3 rings (SSSR count). The van der Waals surface area contributed by atoms with E-state index < -0.39 is 23.9 Å². The fourth-order valence-electron chi connectivity index (χ4n) is 2.94.